The first-order chi connectivity index (χ1) is 18.4. The van der Waals surface area contributed by atoms with Crippen molar-refractivity contribution in [3.05, 3.63) is 98.4 Å². The minimum atomic E-state index is -0.639. The maximum absolute atomic E-state index is 13.1. The molecule has 0 aliphatic heterocycles. The standard InChI is InChI=1S/C26H25ClN6O5/c1-3-32-25(35)31-24(33(26(32)36)15-17-4-6-18(27)7-5-17)30-19-8-10-20(11-9-19)38-21-12-13-29-23(14-21)37-16-22(34)28-2/h4-14H,3,15-16H2,1-2H3,(H,28,34)(H,30,31,35). The molecule has 38 heavy (non-hydrogen) atoms. The molecule has 196 valence electrons. The first-order valence-electron chi connectivity index (χ1n) is 11.7. The molecule has 0 unspecified atom stereocenters. The number of hydrogen-bond acceptors (Lipinski definition) is 8. The van der Waals surface area contributed by atoms with Crippen molar-refractivity contribution in [1.82, 2.24) is 24.4 Å². The van der Waals surface area contributed by atoms with Crippen LogP contribution in [0.1, 0.15) is 12.5 Å². The molecule has 12 heteroatoms. The van der Waals surface area contributed by atoms with Gasteiger partial charge in [-0.3, -0.25) is 9.36 Å². The third kappa shape index (κ3) is 6.56. The lowest BCUT2D eigenvalue weighted by molar-refractivity contribution is -0.122. The lowest BCUT2D eigenvalue weighted by Gasteiger charge is -2.15. The van der Waals surface area contributed by atoms with E-state index < -0.39 is 11.4 Å². The lowest BCUT2D eigenvalue weighted by Crippen LogP contribution is -2.42. The second-order valence-corrected chi connectivity index (χ2v) is 8.44. The number of pyridine rings is 1. The van der Waals surface area contributed by atoms with Crippen molar-refractivity contribution in [2.24, 2.45) is 0 Å². The molecule has 0 saturated carbocycles. The second-order valence-electron chi connectivity index (χ2n) is 8.00. The number of ether oxygens (including phenoxy) is 2. The molecule has 0 bridgehead atoms. The van der Waals surface area contributed by atoms with E-state index in [1.807, 2.05) is 0 Å². The fourth-order valence-electron chi connectivity index (χ4n) is 3.43. The number of carbonyl (C=O) groups is 1. The summed E-state index contributed by atoms with van der Waals surface area (Å²) in [6, 6.07) is 17.2. The van der Waals surface area contributed by atoms with Crippen LogP contribution in [0.25, 0.3) is 0 Å². The van der Waals surface area contributed by atoms with Crippen LogP contribution < -0.4 is 31.5 Å². The second kappa shape index (κ2) is 12.1. The van der Waals surface area contributed by atoms with E-state index in [-0.39, 0.29) is 37.4 Å². The molecule has 2 aromatic carbocycles. The van der Waals surface area contributed by atoms with E-state index in [4.69, 9.17) is 21.1 Å². The number of amides is 1. The molecule has 1 amide bonds. The molecule has 0 aliphatic rings. The van der Waals surface area contributed by atoms with Gasteiger partial charge in [-0.15, -0.1) is 0 Å². The Morgan fingerprint density at radius 1 is 1.00 bits per heavy atom. The third-order valence-corrected chi connectivity index (χ3v) is 5.65. The van der Waals surface area contributed by atoms with Crippen LogP contribution in [0.3, 0.4) is 0 Å². The predicted molar refractivity (Wildman–Crippen MR) is 143 cm³/mol. The van der Waals surface area contributed by atoms with Gasteiger partial charge in [0.15, 0.2) is 6.61 Å². The highest BCUT2D eigenvalue weighted by Gasteiger charge is 2.13. The largest absolute Gasteiger partial charge is 0.467 e. The highest BCUT2D eigenvalue weighted by Crippen LogP contribution is 2.26. The fraction of sp³-hybridized carbons (Fsp3) is 0.192. The van der Waals surface area contributed by atoms with Crippen LogP contribution in [0.5, 0.6) is 17.4 Å². The van der Waals surface area contributed by atoms with Gasteiger partial charge in [0.2, 0.25) is 11.8 Å². The van der Waals surface area contributed by atoms with E-state index in [0.717, 1.165) is 10.1 Å². The monoisotopic (exact) mass is 536 g/mol. The van der Waals surface area contributed by atoms with Gasteiger partial charge in [0.1, 0.15) is 11.5 Å². The van der Waals surface area contributed by atoms with Crippen molar-refractivity contribution < 1.29 is 14.3 Å². The van der Waals surface area contributed by atoms with Gasteiger partial charge >= 0.3 is 11.4 Å². The molecule has 0 radical (unpaired) electrons. The maximum Gasteiger partial charge on any atom is 0.354 e. The van der Waals surface area contributed by atoms with Gasteiger partial charge in [0.25, 0.3) is 5.91 Å². The maximum atomic E-state index is 13.1. The zero-order chi connectivity index (χ0) is 27.1. The van der Waals surface area contributed by atoms with Crippen LogP contribution in [0.2, 0.25) is 5.02 Å². The zero-order valence-electron chi connectivity index (χ0n) is 20.7. The van der Waals surface area contributed by atoms with Crippen LogP contribution in [0, 0.1) is 0 Å². The summed E-state index contributed by atoms with van der Waals surface area (Å²) in [7, 11) is 1.52. The minimum absolute atomic E-state index is 0.111. The number of anilines is 2. The highest BCUT2D eigenvalue weighted by molar-refractivity contribution is 6.30. The van der Waals surface area contributed by atoms with Crippen molar-refractivity contribution >= 4 is 29.1 Å². The third-order valence-electron chi connectivity index (χ3n) is 5.40. The van der Waals surface area contributed by atoms with E-state index in [1.165, 1.54) is 17.8 Å². The average Bonchev–Trinajstić information content (AvgIpc) is 2.92. The van der Waals surface area contributed by atoms with E-state index in [9.17, 15) is 14.4 Å². The Kier molecular flexibility index (Phi) is 8.39. The molecule has 0 saturated heterocycles. The Morgan fingerprint density at radius 3 is 2.42 bits per heavy atom. The van der Waals surface area contributed by atoms with Crippen LogP contribution in [-0.4, -0.2) is 38.7 Å². The number of nitrogens with one attached hydrogen (secondary N) is 2. The number of likely N-dealkylation sites (N-methyl/N-ethyl adjacent to an activating group) is 1. The molecule has 2 N–H and O–H groups in total. The summed E-state index contributed by atoms with van der Waals surface area (Å²) >= 11 is 5.98. The van der Waals surface area contributed by atoms with Gasteiger partial charge < -0.3 is 20.1 Å². The van der Waals surface area contributed by atoms with Crippen LogP contribution in [-0.2, 0) is 17.9 Å². The Labute approximate surface area is 222 Å². The van der Waals surface area contributed by atoms with Crippen molar-refractivity contribution in [2.45, 2.75) is 20.0 Å². The summed E-state index contributed by atoms with van der Waals surface area (Å²) in [4.78, 5) is 45.0. The quantitative estimate of drug-likeness (QED) is 0.316. The molecule has 4 rings (SSSR count). The minimum Gasteiger partial charge on any atom is -0.467 e. The zero-order valence-corrected chi connectivity index (χ0v) is 21.4. The van der Waals surface area contributed by atoms with Gasteiger partial charge in [0, 0.05) is 36.6 Å². The number of aromatic nitrogens is 4. The molecule has 0 spiro atoms. The predicted octanol–water partition coefficient (Wildman–Crippen LogP) is 3.18. The molecule has 11 nitrogen and oxygen atoms in total. The molecular formula is C26H25ClN6O5. The number of benzene rings is 2. The SMILES string of the molecule is CCn1c(=O)nc(Nc2ccc(Oc3ccnc(OCC(=O)NC)c3)cc2)n(Cc2ccc(Cl)cc2)c1=O. The fourth-order valence-corrected chi connectivity index (χ4v) is 3.55. The average molecular weight is 537 g/mol. The first-order valence-corrected chi connectivity index (χ1v) is 12.0. The Hall–Kier alpha value is -4.64. The summed E-state index contributed by atoms with van der Waals surface area (Å²) in [6.45, 7) is 1.94. The van der Waals surface area contributed by atoms with Crippen LogP contribution in [0.15, 0.2) is 76.4 Å². The number of nitrogens with zero attached hydrogens (tertiary/aromatic N) is 4. The van der Waals surface area contributed by atoms with Gasteiger partial charge in [-0.1, -0.05) is 23.7 Å². The molecule has 0 aliphatic carbocycles. The van der Waals surface area contributed by atoms with E-state index in [2.05, 4.69) is 20.6 Å². The Balaban J connectivity index is 1.52. The first kappa shape index (κ1) is 26.4. The molecule has 4 aromatic rings. The number of hydrogen-bond donors (Lipinski definition) is 2. The van der Waals surface area contributed by atoms with Crippen molar-refractivity contribution in [3.63, 3.8) is 0 Å². The number of halogens is 1. The van der Waals surface area contributed by atoms with Crippen molar-refractivity contribution in [1.29, 1.82) is 0 Å². The summed E-state index contributed by atoms with van der Waals surface area (Å²) in [5.41, 5.74) is 0.297. The van der Waals surface area contributed by atoms with E-state index in [1.54, 1.807) is 67.6 Å². The lowest BCUT2D eigenvalue weighted by atomic mass is 10.2. The normalized spacial score (nSPS) is 10.6. The van der Waals surface area contributed by atoms with Crippen LogP contribution in [0.4, 0.5) is 11.6 Å². The van der Waals surface area contributed by atoms with Crippen LogP contribution >= 0.6 is 11.6 Å². The topological polar surface area (TPSA) is 129 Å². The number of rotatable bonds is 10. The van der Waals surface area contributed by atoms with Crippen molar-refractivity contribution in [3.8, 4) is 17.4 Å². The Morgan fingerprint density at radius 2 is 1.74 bits per heavy atom. The summed E-state index contributed by atoms with van der Waals surface area (Å²) < 4.78 is 13.7. The summed E-state index contributed by atoms with van der Waals surface area (Å²) in [6.07, 6.45) is 1.51. The smallest absolute Gasteiger partial charge is 0.354 e. The number of carbonyl (C=O) groups excluding carboxylic acids is 1. The highest BCUT2D eigenvalue weighted by atomic mass is 35.5. The van der Waals surface area contributed by atoms with E-state index >= 15 is 0 Å². The summed E-state index contributed by atoms with van der Waals surface area (Å²) in [5.74, 6) is 1.07. The molecular weight excluding hydrogens is 512 g/mol. The molecule has 2 heterocycles. The van der Waals surface area contributed by atoms with Gasteiger partial charge in [0.05, 0.1) is 6.54 Å². The van der Waals surface area contributed by atoms with Gasteiger partial charge in [-0.2, -0.15) is 4.98 Å². The molecule has 2 aromatic heterocycles. The van der Waals surface area contributed by atoms with Gasteiger partial charge in [-0.05, 0) is 55.0 Å². The molecule has 0 fully saturated rings. The van der Waals surface area contributed by atoms with E-state index in [0.29, 0.717) is 22.2 Å². The van der Waals surface area contributed by atoms with Crippen molar-refractivity contribution in [2.75, 3.05) is 19.0 Å². The van der Waals surface area contributed by atoms with Gasteiger partial charge in [-0.25, -0.2) is 19.1 Å². The summed E-state index contributed by atoms with van der Waals surface area (Å²) in [5, 5.41) is 6.11. The molecule has 0 atom stereocenters. The Bertz CT molecular complexity index is 1530.